The van der Waals surface area contributed by atoms with Gasteiger partial charge in [-0.2, -0.15) is 0 Å². The second-order valence-electron chi connectivity index (χ2n) is 8.01. The molecule has 4 heterocycles. The summed E-state index contributed by atoms with van der Waals surface area (Å²) in [6, 6.07) is 0. The van der Waals surface area contributed by atoms with Crippen LogP contribution in [0, 0.1) is 0 Å². The molecule has 0 radical (unpaired) electrons. The van der Waals surface area contributed by atoms with Crippen LogP contribution >= 0.6 is 35.8 Å². The Hall–Kier alpha value is 2.04. The fraction of sp³-hybridized carbons (Fsp3) is 1.00. The molecule has 8 unspecified atom stereocenters. The molecule has 8 atom stereocenters. The monoisotopic (exact) mass is 532 g/mol. The van der Waals surface area contributed by atoms with E-state index in [1.54, 1.807) is 0 Å². The molecule has 4 saturated heterocycles. The maximum atomic E-state index is 6.00. The van der Waals surface area contributed by atoms with Crippen molar-refractivity contribution in [3.8, 4) is 0 Å². The molecule has 4 fully saturated rings. The first-order valence-corrected chi connectivity index (χ1v) is 26.1. The van der Waals surface area contributed by atoms with Crippen LogP contribution in [-0.4, -0.2) is 57.0 Å². The summed E-state index contributed by atoms with van der Waals surface area (Å²) in [5.74, 6) is 0. The molecule has 4 rings (SSSR count). The van der Waals surface area contributed by atoms with Gasteiger partial charge in [0.15, 0.2) is 0 Å². The van der Waals surface area contributed by atoms with Crippen LogP contribution < -0.4 is 0 Å². The number of epoxide rings is 4. The molecule has 144 valence electrons. The van der Waals surface area contributed by atoms with Crippen molar-refractivity contribution in [1.29, 1.82) is 0 Å². The third kappa shape index (κ3) is 3.91. The van der Waals surface area contributed by atoms with E-state index in [-0.39, 0.29) is 19.7 Å². The maximum absolute atomic E-state index is 6.00. The summed E-state index contributed by atoms with van der Waals surface area (Å²) in [5, 5.41) is 0. The zero-order valence-corrected chi connectivity index (χ0v) is 22.2. The topological polar surface area (TPSA) is 50.1 Å². The number of hydrogen-bond donors (Lipinski definition) is 0. The van der Waals surface area contributed by atoms with E-state index in [0.29, 0.717) is 24.4 Å². The van der Waals surface area contributed by atoms with Gasteiger partial charge >= 0.3 is 167 Å². The summed E-state index contributed by atoms with van der Waals surface area (Å²) < 4.78 is 24.0. The van der Waals surface area contributed by atoms with E-state index in [0.717, 1.165) is 0 Å². The molecule has 4 nitrogen and oxygen atoms in total. The first-order valence-electron chi connectivity index (χ1n) is 8.86. The standard InChI is InChI=1S/4C4H8OS.Sn/c4*1-3-4(2,6)5-3;/h4*3,6H,1-2H3;/q;;;;+4/p-4. The number of rotatable bonds is 8. The van der Waals surface area contributed by atoms with E-state index >= 15 is 0 Å². The van der Waals surface area contributed by atoms with E-state index in [9.17, 15) is 0 Å². The first-order chi connectivity index (χ1) is 11.3. The van der Waals surface area contributed by atoms with Crippen LogP contribution in [-0.2, 0) is 18.9 Å². The molecule has 4 aliphatic heterocycles. The van der Waals surface area contributed by atoms with E-state index in [1.807, 2.05) is 0 Å². The van der Waals surface area contributed by atoms with Gasteiger partial charge in [-0.15, -0.1) is 0 Å². The summed E-state index contributed by atoms with van der Waals surface area (Å²) in [5.41, 5.74) is 0. The Balaban J connectivity index is 1.62. The summed E-state index contributed by atoms with van der Waals surface area (Å²) >= 11 is -3.04. The van der Waals surface area contributed by atoms with Crippen LogP contribution in [0.1, 0.15) is 55.4 Å². The SMILES string of the molecule is CC1OC1(C)[S][Sn]([S]C1(C)OC1C)([S]C1(C)OC1C)[S]C1(C)OC1C. The number of hydrogen-bond acceptors (Lipinski definition) is 8. The Morgan fingerprint density at radius 3 is 0.800 bits per heavy atom. The van der Waals surface area contributed by atoms with Crippen molar-refractivity contribution in [1.82, 2.24) is 0 Å². The minimum absolute atomic E-state index is 0.0689. The molecule has 0 aromatic rings. The minimum atomic E-state index is -3.04. The normalized spacial score (nSPS) is 58.6. The molecule has 9 heteroatoms. The van der Waals surface area contributed by atoms with Gasteiger partial charge in [-0.25, -0.2) is 0 Å². The van der Waals surface area contributed by atoms with Crippen molar-refractivity contribution >= 4 is 48.6 Å². The van der Waals surface area contributed by atoms with Crippen molar-refractivity contribution in [3.63, 3.8) is 0 Å². The van der Waals surface area contributed by atoms with Crippen LogP contribution in [0.3, 0.4) is 0 Å². The Bertz CT molecular complexity index is 497. The Labute approximate surface area is 166 Å². The van der Waals surface area contributed by atoms with Crippen LogP contribution in [0.4, 0.5) is 0 Å². The van der Waals surface area contributed by atoms with Gasteiger partial charge in [0, 0.05) is 0 Å². The van der Waals surface area contributed by atoms with Crippen molar-refractivity contribution in [2.45, 2.75) is 99.5 Å². The zero-order chi connectivity index (χ0) is 18.5. The molecule has 0 aromatic carbocycles. The van der Waals surface area contributed by atoms with Gasteiger partial charge in [-0.3, -0.25) is 0 Å². The molecule has 0 aliphatic carbocycles. The van der Waals surface area contributed by atoms with E-state index in [4.69, 9.17) is 18.9 Å². The number of ether oxygens (including phenoxy) is 4. The van der Waals surface area contributed by atoms with Crippen LogP contribution in [0.25, 0.3) is 0 Å². The summed E-state index contributed by atoms with van der Waals surface area (Å²) in [6.45, 7) is 17.7. The molecule has 0 amide bonds. The predicted molar refractivity (Wildman–Crippen MR) is 112 cm³/mol. The molecule has 0 saturated carbocycles. The van der Waals surface area contributed by atoms with Crippen molar-refractivity contribution in [3.05, 3.63) is 0 Å². The van der Waals surface area contributed by atoms with E-state index < -0.39 is 12.8 Å². The van der Waals surface area contributed by atoms with Crippen molar-refractivity contribution in [2.24, 2.45) is 0 Å². The summed E-state index contributed by atoms with van der Waals surface area (Å²) in [4.78, 5) is -0.276. The molecule has 0 aromatic heterocycles. The summed E-state index contributed by atoms with van der Waals surface area (Å²) in [7, 11) is 8.45. The molecule has 0 spiro atoms. The van der Waals surface area contributed by atoms with Gasteiger partial charge < -0.3 is 0 Å². The quantitative estimate of drug-likeness (QED) is 0.324. The van der Waals surface area contributed by atoms with Crippen LogP contribution in [0.15, 0.2) is 0 Å². The molecular formula is C16H28O4S4Sn. The third-order valence-electron chi connectivity index (χ3n) is 5.68. The average molecular weight is 531 g/mol. The molecule has 4 aliphatic rings. The van der Waals surface area contributed by atoms with Gasteiger partial charge in [0.05, 0.1) is 0 Å². The summed E-state index contributed by atoms with van der Waals surface area (Å²) in [6.07, 6.45) is 1.26. The molecular weight excluding hydrogens is 503 g/mol. The van der Waals surface area contributed by atoms with Crippen LogP contribution in [0.2, 0.25) is 0 Å². The molecule has 0 N–H and O–H groups in total. The zero-order valence-electron chi connectivity index (χ0n) is 16.1. The fourth-order valence-electron chi connectivity index (χ4n) is 2.81. The Morgan fingerprint density at radius 1 is 0.520 bits per heavy atom. The van der Waals surface area contributed by atoms with Crippen molar-refractivity contribution in [2.75, 3.05) is 0 Å². The third-order valence-corrected chi connectivity index (χ3v) is 52.6. The van der Waals surface area contributed by atoms with Gasteiger partial charge in [-0.05, 0) is 0 Å². The second-order valence-corrected chi connectivity index (χ2v) is 48.7. The fourth-order valence-corrected chi connectivity index (χ4v) is 77.9. The first kappa shape index (κ1) is 20.3. The Morgan fingerprint density at radius 2 is 0.680 bits per heavy atom. The molecule has 25 heavy (non-hydrogen) atoms. The van der Waals surface area contributed by atoms with E-state index in [2.05, 4.69) is 91.2 Å². The second kappa shape index (κ2) is 6.03. The van der Waals surface area contributed by atoms with Crippen molar-refractivity contribution < 1.29 is 18.9 Å². The van der Waals surface area contributed by atoms with Crippen LogP contribution in [0.5, 0.6) is 0 Å². The van der Waals surface area contributed by atoms with E-state index in [1.165, 1.54) is 0 Å². The van der Waals surface area contributed by atoms with Gasteiger partial charge in [0.1, 0.15) is 0 Å². The predicted octanol–water partition coefficient (Wildman–Crippen LogP) is 4.89. The van der Waals surface area contributed by atoms with Gasteiger partial charge in [-0.1, -0.05) is 0 Å². The average Bonchev–Trinajstić information content (AvgIpc) is 3.37. The van der Waals surface area contributed by atoms with Gasteiger partial charge in [0.2, 0.25) is 0 Å². The van der Waals surface area contributed by atoms with Gasteiger partial charge in [0.25, 0.3) is 0 Å². The molecule has 0 bridgehead atoms. The Kier molecular flexibility index (Phi) is 4.90.